The Morgan fingerprint density at radius 2 is 2.10 bits per heavy atom. The summed E-state index contributed by atoms with van der Waals surface area (Å²) in [6.07, 6.45) is 3.66. The van der Waals surface area contributed by atoms with Gasteiger partial charge in [0.25, 0.3) is 0 Å². The van der Waals surface area contributed by atoms with Gasteiger partial charge in [-0.2, -0.15) is 0 Å². The standard InChI is InChI=1S/C17H22N2O2/c1-11-8-9-12-5-2-3-6-13(12)15(11)19-17(21)14-7-4-10-18-16(14)20/h2-3,5-6,11,14-15H,4,7-10H2,1H3,(H,18,20)(H,19,21). The highest BCUT2D eigenvalue weighted by atomic mass is 16.2. The van der Waals surface area contributed by atoms with Gasteiger partial charge >= 0.3 is 0 Å². The molecule has 0 bridgehead atoms. The van der Waals surface area contributed by atoms with Crippen molar-refractivity contribution < 1.29 is 9.59 Å². The molecule has 2 N–H and O–H groups in total. The first-order valence-corrected chi connectivity index (χ1v) is 7.82. The van der Waals surface area contributed by atoms with Gasteiger partial charge in [-0.1, -0.05) is 31.2 Å². The van der Waals surface area contributed by atoms with Crippen LogP contribution in [0.15, 0.2) is 24.3 Å². The summed E-state index contributed by atoms with van der Waals surface area (Å²) in [5.41, 5.74) is 2.52. The van der Waals surface area contributed by atoms with E-state index in [4.69, 9.17) is 0 Å². The van der Waals surface area contributed by atoms with Gasteiger partial charge < -0.3 is 10.6 Å². The van der Waals surface area contributed by atoms with Crippen LogP contribution >= 0.6 is 0 Å². The molecule has 3 atom stereocenters. The van der Waals surface area contributed by atoms with Crippen LogP contribution in [0.25, 0.3) is 0 Å². The van der Waals surface area contributed by atoms with Gasteiger partial charge in [0.2, 0.25) is 11.8 Å². The predicted octanol–water partition coefficient (Wildman–Crippen LogP) is 1.95. The zero-order valence-electron chi connectivity index (χ0n) is 12.4. The summed E-state index contributed by atoms with van der Waals surface area (Å²) in [7, 11) is 0. The van der Waals surface area contributed by atoms with Gasteiger partial charge in [0.1, 0.15) is 5.92 Å². The molecule has 4 heteroatoms. The second kappa shape index (κ2) is 5.88. The molecule has 2 aliphatic rings. The monoisotopic (exact) mass is 286 g/mol. The summed E-state index contributed by atoms with van der Waals surface area (Å²) in [6, 6.07) is 8.31. The summed E-state index contributed by atoms with van der Waals surface area (Å²) in [5, 5.41) is 5.91. The van der Waals surface area contributed by atoms with E-state index in [1.54, 1.807) is 0 Å². The fraction of sp³-hybridized carbons (Fsp3) is 0.529. The van der Waals surface area contributed by atoms with Crippen molar-refractivity contribution in [2.45, 2.75) is 38.6 Å². The van der Waals surface area contributed by atoms with Gasteiger partial charge in [-0.25, -0.2) is 0 Å². The quantitative estimate of drug-likeness (QED) is 0.816. The smallest absolute Gasteiger partial charge is 0.233 e. The largest absolute Gasteiger partial charge is 0.355 e. The third-order valence-corrected chi connectivity index (χ3v) is 4.73. The molecule has 1 aliphatic carbocycles. The first-order chi connectivity index (χ1) is 10.2. The minimum absolute atomic E-state index is 0.0252. The molecule has 21 heavy (non-hydrogen) atoms. The lowest BCUT2D eigenvalue weighted by Crippen LogP contribution is -2.47. The lowest BCUT2D eigenvalue weighted by atomic mass is 9.80. The third kappa shape index (κ3) is 2.80. The average Bonchev–Trinajstić information content (AvgIpc) is 2.50. The molecule has 1 aliphatic heterocycles. The van der Waals surface area contributed by atoms with Gasteiger partial charge in [-0.05, 0) is 42.7 Å². The molecule has 1 aromatic rings. The fourth-order valence-corrected chi connectivity index (χ4v) is 3.42. The Hall–Kier alpha value is -1.84. The van der Waals surface area contributed by atoms with E-state index >= 15 is 0 Å². The third-order valence-electron chi connectivity index (χ3n) is 4.73. The fourth-order valence-electron chi connectivity index (χ4n) is 3.42. The van der Waals surface area contributed by atoms with E-state index in [-0.39, 0.29) is 17.9 Å². The first-order valence-electron chi connectivity index (χ1n) is 7.82. The first kappa shape index (κ1) is 14.1. The Kier molecular flexibility index (Phi) is 3.95. The highest BCUT2D eigenvalue weighted by Gasteiger charge is 2.33. The second-order valence-corrected chi connectivity index (χ2v) is 6.19. The van der Waals surface area contributed by atoms with Crippen molar-refractivity contribution >= 4 is 11.8 Å². The maximum absolute atomic E-state index is 12.5. The highest BCUT2D eigenvalue weighted by Crippen LogP contribution is 2.34. The van der Waals surface area contributed by atoms with Crippen LogP contribution in [0.4, 0.5) is 0 Å². The van der Waals surface area contributed by atoms with Crippen LogP contribution in [0.5, 0.6) is 0 Å². The minimum Gasteiger partial charge on any atom is -0.355 e. The number of fused-ring (bicyclic) bond motifs is 1. The van der Waals surface area contributed by atoms with E-state index < -0.39 is 5.92 Å². The van der Waals surface area contributed by atoms with Gasteiger partial charge in [-0.15, -0.1) is 0 Å². The molecule has 2 amide bonds. The number of rotatable bonds is 2. The van der Waals surface area contributed by atoms with Gasteiger partial charge in [0.05, 0.1) is 6.04 Å². The van der Waals surface area contributed by atoms with Crippen LogP contribution in [0.1, 0.15) is 43.4 Å². The number of amides is 2. The Labute approximate surface area is 125 Å². The maximum atomic E-state index is 12.5. The molecule has 0 radical (unpaired) electrons. The van der Waals surface area contributed by atoms with Crippen molar-refractivity contribution in [3.63, 3.8) is 0 Å². The van der Waals surface area contributed by atoms with E-state index in [1.165, 1.54) is 11.1 Å². The normalized spacial score (nSPS) is 28.4. The molecule has 112 valence electrons. The summed E-state index contributed by atoms with van der Waals surface area (Å²) in [4.78, 5) is 24.3. The number of aryl methyl sites for hydroxylation is 1. The topological polar surface area (TPSA) is 58.2 Å². The molecule has 0 saturated carbocycles. The Balaban J connectivity index is 1.77. The molecule has 0 aromatic heterocycles. The van der Waals surface area contributed by atoms with Crippen LogP contribution in [0.2, 0.25) is 0 Å². The van der Waals surface area contributed by atoms with Crippen LogP contribution in [-0.2, 0) is 16.0 Å². The number of hydrogen-bond donors (Lipinski definition) is 2. The van der Waals surface area contributed by atoms with Crippen molar-refractivity contribution in [1.29, 1.82) is 0 Å². The zero-order chi connectivity index (χ0) is 14.8. The van der Waals surface area contributed by atoms with Crippen molar-refractivity contribution in [2.24, 2.45) is 11.8 Å². The molecular formula is C17H22N2O2. The number of piperidine rings is 1. The number of benzene rings is 1. The van der Waals surface area contributed by atoms with Gasteiger partial charge in [0.15, 0.2) is 0 Å². The zero-order valence-corrected chi connectivity index (χ0v) is 12.4. The summed E-state index contributed by atoms with van der Waals surface area (Å²) < 4.78 is 0. The summed E-state index contributed by atoms with van der Waals surface area (Å²) in [5.74, 6) is -0.383. The Morgan fingerprint density at radius 3 is 2.90 bits per heavy atom. The lowest BCUT2D eigenvalue weighted by Gasteiger charge is -2.33. The molecule has 1 aromatic carbocycles. The van der Waals surface area contributed by atoms with E-state index in [1.807, 2.05) is 12.1 Å². The maximum Gasteiger partial charge on any atom is 0.233 e. The molecule has 3 rings (SSSR count). The van der Waals surface area contributed by atoms with Crippen molar-refractivity contribution in [3.8, 4) is 0 Å². The van der Waals surface area contributed by atoms with Crippen molar-refractivity contribution in [1.82, 2.24) is 10.6 Å². The molecule has 0 spiro atoms. The number of carbonyl (C=O) groups is 2. The summed E-state index contributed by atoms with van der Waals surface area (Å²) in [6.45, 7) is 2.85. The van der Waals surface area contributed by atoms with Gasteiger partial charge in [0, 0.05) is 6.54 Å². The molecule has 4 nitrogen and oxygen atoms in total. The Morgan fingerprint density at radius 1 is 1.29 bits per heavy atom. The number of carbonyl (C=O) groups excluding carboxylic acids is 2. The highest BCUT2D eigenvalue weighted by molar-refractivity contribution is 6.00. The molecule has 1 fully saturated rings. The van der Waals surface area contributed by atoms with Crippen LogP contribution in [0.3, 0.4) is 0 Å². The van der Waals surface area contributed by atoms with Crippen molar-refractivity contribution in [2.75, 3.05) is 6.54 Å². The average molecular weight is 286 g/mol. The SMILES string of the molecule is CC1CCc2ccccc2C1NC(=O)C1CCCNC1=O. The molecule has 1 heterocycles. The molecule has 3 unspecified atom stereocenters. The predicted molar refractivity (Wildman–Crippen MR) is 80.5 cm³/mol. The number of hydrogen-bond acceptors (Lipinski definition) is 2. The Bertz CT molecular complexity index is 555. The van der Waals surface area contributed by atoms with Crippen molar-refractivity contribution in [3.05, 3.63) is 35.4 Å². The van der Waals surface area contributed by atoms with E-state index in [2.05, 4.69) is 29.7 Å². The molecule has 1 saturated heterocycles. The minimum atomic E-state index is -0.528. The summed E-state index contributed by atoms with van der Waals surface area (Å²) >= 11 is 0. The van der Waals surface area contributed by atoms with Gasteiger partial charge in [-0.3, -0.25) is 9.59 Å². The second-order valence-electron chi connectivity index (χ2n) is 6.19. The van der Waals surface area contributed by atoms with E-state index in [9.17, 15) is 9.59 Å². The molecular weight excluding hydrogens is 264 g/mol. The van der Waals surface area contributed by atoms with E-state index in [0.717, 1.165) is 19.3 Å². The lowest BCUT2D eigenvalue weighted by molar-refractivity contribution is -0.137. The van der Waals surface area contributed by atoms with Crippen LogP contribution in [0, 0.1) is 11.8 Å². The van der Waals surface area contributed by atoms with Crippen LogP contribution in [-0.4, -0.2) is 18.4 Å². The number of nitrogens with one attached hydrogen (secondary N) is 2. The van der Waals surface area contributed by atoms with Crippen LogP contribution < -0.4 is 10.6 Å². The van der Waals surface area contributed by atoms with E-state index in [0.29, 0.717) is 18.9 Å².